The van der Waals surface area contributed by atoms with Crippen LogP contribution in [0.5, 0.6) is 5.75 Å². The number of ether oxygens (including phenoxy) is 1. The number of benzene rings is 1. The second kappa shape index (κ2) is 7.85. The molecule has 0 saturated carbocycles. The van der Waals surface area contributed by atoms with Crippen LogP contribution in [-0.2, 0) is 0 Å². The van der Waals surface area contributed by atoms with Crippen LogP contribution in [0.25, 0.3) is 0 Å². The predicted molar refractivity (Wildman–Crippen MR) is 95.4 cm³/mol. The zero-order valence-electron chi connectivity index (χ0n) is 11.3. The molecule has 0 unspecified atom stereocenters. The summed E-state index contributed by atoms with van der Waals surface area (Å²) < 4.78 is 7.68. The monoisotopic (exact) mass is 489 g/mol. The lowest BCUT2D eigenvalue weighted by Gasteiger charge is -2.07. The molecule has 1 N–H and O–H groups in total. The van der Waals surface area contributed by atoms with Crippen LogP contribution in [0, 0.1) is 0 Å². The van der Waals surface area contributed by atoms with Crippen molar-refractivity contribution in [2.75, 3.05) is 7.11 Å². The van der Waals surface area contributed by atoms with Gasteiger partial charge in [0.25, 0.3) is 5.91 Å². The Bertz CT molecular complexity index is 735. The van der Waals surface area contributed by atoms with E-state index in [9.17, 15) is 4.79 Å². The van der Waals surface area contributed by atoms with Gasteiger partial charge >= 0.3 is 0 Å². The Balaban J connectivity index is 2.14. The summed E-state index contributed by atoms with van der Waals surface area (Å²) >= 11 is 10.1. The quantitative estimate of drug-likeness (QED) is 0.516. The van der Waals surface area contributed by atoms with Crippen molar-refractivity contribution in [3.8, 4) is 5.75 Å². The van der Waals surface area contributed by atoms with Crippen LogP contribution >= 0.6 is 47.8 Å². The molecular formula is C14H10Br3N3O2. The number of pyridine rings is 1. The number of hydrogen-bond donors (Lipinski definition) is 1. The summed E-state index contributed by atoms with van der Waals surface area (Å²) in [6.45, 7) is 0. The summed E-state index contributed by atoms with van der Waals surface area (Å²) in [6.07, 6.45) is 4.58. The molecule has 2 rings (SSSR count). The highest BCUT2D eigenvalue weighted by Crippen LogP contribution is 2.31. The average Bonchev–Trinajstić information content (AvgIpc) is 2.46. The van der Waals surface area contributed by atoms with Crippen LogP contribution < -0.4 is 10.2 Å². The molecular weight excluding hydrogens is 482 g/mol. The number of carbonyl (C=O) groups is 1. The zero-order valence-corrected chi connectivity index (χ0v) is 16.1. The molecule has 1 aromatic heterocycles. The van der Waals surface area contributed by atoms with Gasteiger partial charge in [-0.1, -0.05) is 15.9 Å². The van der Waals surface area contributed by atoms with Gasteiger partial charge in [0.05, 0.1) is 23.4 Å². The van der Waals surface area contributed by atoms with Gasteiger partial charge in [-0.2, -0.15) is 5.10 Å². The Labute approximate surface area is 152 Å². The van der Waals surface area contributed by atoms with Crippen molar-refractivity contribution in [1.82, 2.24) is 10.4 Å². The molecule has 0 aliphatic heterocycles. The minimum atomic E-state index is -0.349. The van der Waals surface area contributed by atoms with Gasteiger partial charge < -0.3 is 4.74 Å². The van der Waals surface area contributed by atoms with E-state index >= 15 is 0 Å². The summed E-state index contributed by atoms with van der Waals surface area (Å²) in [5.74, 6) is 0.281. The summed E-state index contributed by atoms with van der Waals surface area (Å²) in [5.41, 5.74) is 3.58. The standard InChI is InChI=1S/C14H10Br3N3O2/c1-22-13-8(2-10(15)4-12(13)17)6-19-20-14(21)9-3-11(16)7-18-5-9/h2-7H,1H3,(H,20,21)/b19-6-. The number of nitrogens with one attached hydrogen (secondary N) is 1. The third kappa shape index (κ3) is 4.37. The van der Waals surface area contributed by atoms with Crippen molar-refractivity contribution >= 4 is 59.9 Å². The molecule has 0 saturated heterocycles. The first kappa shape index (κ1) is 17.1. The van der Waals surface area contributed by atoms with Crippen molar-refractivity contribution in [2.24, 2.45) is 5.10 Å². The molecule has 1 aromatic carbocycles. The molecule has 0 fully saturated rings. The molecule has 1 heterocycles. The highest BCUT2D eigenvalue weighted by Gasteiger charge is 2.08. The van der Waals surface area contributed by atoms with E-state index in [1.165, 1.54) is 12.4 Å². The molecule has 0 atom stereocenters. The summed E-state index contributed by atoms with van der Waals surface area (Å²) in [5, 5.41) is 3.95. The fourth-order valence-electron chi connectivity index (χ4n) is 1.65. The molecule has 0 bridgehead atoms. The Morgan fingerprint density at radius 3 is 2.68 bits per heavy atom. The van der Waals surface area contributed by atoms with Crippen molar-refractivity contribution in [2.45, 2.75) is 0 Å². The molecule has 2 aromatic rings. The highest BCUT2D eigenvalue weighted by molar-refractivity contribution is 9.11. The molecule has 114 valence electrons. The Morgan fingerprint density at radius 1 is 1.23 bits per heavy atom. The van der Waals surface area contributed by atoms with E-state index in [4.69, 9.17) is 4.74 Å². The van der Waals surface area contributed by atoms with Crippen molar-refractivity contribution in [3.05, 3.63) is 55.1 Å². The van der Waals surface area contributed by atoms with Gasteiger partial charge in [-0.3, -0.25) is 9.78 Å². The van der Waals surface area contributed by atoms with E-state index in [0.29, 0.717) is 11.3 Å². The van der Waals surface area contributed by atoms with Crippen LogP contribution in [0.4, 0.5) is 0 Å². The molecule has 1 amide bonds. The molecule has 8 heteroatoms. The number of amides is 1. The number of nitrogens with zero attached hydrogens (tertiary/aromatic N) is 2. The first-order valence-electron chi connectivity index (χ1n) is 5.98. The maximum Gasteiger partial charge on any atom is 0.272 e. The van der Waals surface area contributed by atoms with E-state index < -0.39 is 0 Å². The van der Waals surface area contributed by atoms with E-state index in [0.717, 1.165) is 19.0 Å². The smallest absolute Gasteiger partial charge is 0.272 e. The van der Waals surface area contributed by atoms with Crippen LogP contribution in [0.3, 0.4) is 0 Å². The summed E-state index contributed by atoms with van der Waals surface area (Å²) in [7, 11) is 1.57. The number of hydrogen-bond acceptors (Lipinski definition) is 4. The minimum Gasteiger partial charge on any atom is -0.495 e. The molecule has 0 radical (unpaired) electrons. The topological polar surface area (TPSA) is 63.6 Å². The molecule has 5 nitrogen and oxygen atoms in total. The van der Waals surface area contributed by atoms with Gasteiger partial charge in [-0.25, -0.2) is 5.43 Å². The van der Waals surface area contributed by atoms with Gasteiger partial charge in [-0.15, -0.1) is 0 Å². The number of hydrazone groups is 1. The van der Waals surface area contributed by atoms with Crippen LogP contribution in [0.15, 0.2) is 49.1 Å². The second-order valence-electron chi connectivity index (χ2n) is 4.10. The van der Waals surface area contributed by atoms with Gasteiger partial charge in [0.1, 0.15) is 5.75 Å². The van der Waals surface area contributed by atoms with E-state index in [-0.39, 0.29) is 5.91 Å². The van der Waals surface area contributed by atoms with Gasteiger partial charge in [-0.05, 0) is 50.1 Å². The lowest BCUT2D eigenvalue weighted by molar-refractivity contribution is 0.0954. The lowest BCUT2D eigenvalue weighted by Crippen LogP contribution is -2.17. The summed E-state index contributed by atoms with van der Waals surface area (Å²) in [6, 6.07) is 5.36. The fourth-order valence-corrected chi connectivity index (χ4v) is 3.44. The van der Waals surface area contributed by atoms with Crippen molar-refractivity contribution in [3.63, 3.8) is 0 Å². The predicted octanol–water partition coefficient (Wildman–Crippen LogP) is 4.14. The number of aromatic nitrogens is 1. The van der Waals surface area contributed by atoms with Crippen LogP contribution in [-0.4, -0.2) is 24.2 Å². The number of methoxy groups -OCH3 is 1. The normalized spacial score (nSPS) is 10.7. The van der Waals surface area contributed by atoms with Crippen molar-refractivity contribution in [1.29, 1.82) is 0 Å². The van der Waals surface area contributed by atoms with E-state index in [1.54, 1.807) is 19.4 Å². The molecule has 22 heavy (non-hydrogen) atoms. The van der Waals surface area contributed by atoms with E-state index in [2.05, 4.69) is 63.3 Å². The third-order valence-corrected chi connectivity index (χ3v) is 4.06. The maximum atomic E-state index is 11.9. The lowest BCUT2D eigenvalue weighted by atomic mass is 10.2. The first-order valence-corrected chi connectivity index (χ1v) is 8.36. The number of halogens is 3. The average molecular weight is 492 g/mol. The Hall–Kier alpha value is -1.25. The fraction of sp³-hybridized carbons (Fsp3) is 0.0714. The minimum absolute atomic E-state index is 0.349. The third-order valence-electron chi connectivity index (χ3n) is 2.58. The molecule has 0 aliphatic carbocycles. The maximum absolute atomic E-state index is 11.9. The number of carbonyl (C=O) groups excluding carboxylic acids is 1. The van der Waals surface area contributed by atoms with Gasteiger partial charge in [0.15, 0.2) is 0 Å². The second-order valence-corrected chi connectivity index (χ2v) is 6.79. The summed E-state index contributed by atoms with van der Waals surface area (Å²) in [4.78, 5) is 15.9. The molecule has 0 aliphatic rings. The van der Waals surface area contributed by atoms with Crippen LogP contribution in [0.2, 0.25) is 0 Å². The SMILES string of the molecule is COc1c(Br)cc(Br)cc1/C=N\NC(=O)c1cncc(Br)c1. The number of rotatable bonds is 4. The zero-order chi connectivity index (χ0) is 16.1. The first-order chi connectivity index (χ1) is 10.5. The van der Waals surface area contributed by atoms with Gasteiger partial charge in [0.2, 0.25) is 0 Å². The molecule has 0 spiro atoms. The van der Waals surface area contributed by atoms with Crippen LogP contribution in [0.1, 0.15) is 15.9 Å². The highest BCUT2D eigenvalue weighted by atomic mass is 79.9. The Morgan fingerprint density at radius 2 is 2.00 bits per heavy atom. The largest absolute Gasteiger partial charge is 0.495 e. The Kier molecular flexibility index (Phi) is 6.10. The van der Waals surface area contributed by atoms with E-state index in [1.807, 2.05) is 12.1 Å². The van der Waals surface area contributed by atoms with Crippen molar-refractivity contribution < 1.29 is 9.53 Å². The van der Waals surface area contributed by atoms with Gasteiger partial charge in [0, 0.05) is 26.9 Å².